The number of sulfone groups is 1. The Morgan fingerprint density at radius 1 is 1.23 bits per heavy atom. The summed E-state index contributed by atoms with van der Waals surface area (Å²) in [5.41, 5.74) is -0.640. The Kier molecular flexibility index (Phi) is 6.21. The Balaban J connectivity index is 1.52. The van der Waals surface area contributed by atoms with Gasteiger partial charge in [0.15, 0.2) is 9.84 Å². The first kappa shape index (κ1) is 23.0. The van der Waals surface area contributed by atoms with Crippen LogP contribution in [0.1, 0.15) is 52.9 Å². The SMILES string of the molecule is CN(CC(=O)NC1CCS(=O)(=O)C1)CN1C(=O)NC2(CCC(C(C)(C)C)CC2)C1=O. The van der Waals surface area contributed by atoms with Crippen LogP contribution in [0.5, 0.6) is 0 Å². The normalized spacial score (nSPS) is 31.4. The van der Waals surface area contributed by atoms with Crippen molar-refractivity contribution in [2.75, 3.05) is 31.8 Å². The van der Waals surface area contributed by atoms with Gasteiger partial charge in [0.1, 0.15) is 5.54 Å². The van der Waals surface area contributed by atoms with E-state index in [1.54, 1.807) is 11.9 Å². The van der Waals surface area contributed by atoms with Crippen LogP contribution >= 0.6 is 0 Å². The maximum absolute atomic E-state index is 13.1. The number of rotatable bonds is 5. The molecule has 0 aromatic rings. The molecule has 10 heteroatoms. The number of hydrogen-bond acceptors (Lipinski definition) is 6. The highest BCUT2D eigenvalue weighted by molar-refractivity contribution is 7.91. The summed E-state index contributed by atoms with van der Waals surface area (Å²) in [6, 6.07) is -0.780. The molecule has 0 bridgehead atoms. The highest BCUT2D eigenvalue weighted by Gasteiger charge is 2.53. The molecule has 2 saturated heterocycles. The molecule has 1 unspecified atom stereocenters. The number of urea groups is 1. The second kappa shape index (κ2) is 8.11. The molecular formula is C20H34N4O5S. The molecule has 0 radical (unpaired) electrons. The minimum Gasteiger partial charge on any atom is -0.351 e. The molecule has 1 saturated carbocycles. The van der Waals surface area contributed by atoms with Crippen molar-refractivity contribution in [1.82, 2.24) is 20.4 Å². The van der Waals surface area contributed by atoms with Crippen LogP contribution in [-0.4, -0.2) is 79.4 Å². The lowest BCUT2D eigenvalue weighted by molar-refractivity contribution is -0.135. The largest absolute Gasteiger partial charge is 0.351 e. The van der Waals surface area contributed by atoms with Crippen molar-refractivity contribution in [2.45, 2.75) is 64.5 Å². The lowest BCUT2D eigenvalue weighted by Gasteiger charge is -2.40. The second-order valence-corrected chi connectivity index (χ2v) is 12.4. The molecule has 2 N–H and O–H groups in total. The Hall–Kier alpha value is -1.68. The molecule has 9 nitrogen and oxygen atoms in total. The van der Waals surface area contributed by atoms with Gasteiger partial charge in [0.2, 0.25) is 5.91 Å². The van der Waals surface area contributed by atoms with E-state index in [0.29, 0.717) is 25.2 Å². The molecule has 4 amide bonds. The number of carbonyl (C=O) groups excluding carboxylic acids is 3. The molecule has 0 aromatic heterocycles. The lowest BCUT2D eigenvalue weighted by atomic mass is 9.67. The van der Waals surface area contributed by atoms with Crippen molar-refractivity contribution < 1.29 is 22.8 Å². The van der Waals surface area contributed by atoms with Crippen LogP contribution < -0.4 is 10.6 Å². The maximum atomic E-state index is 13.1. The summed E-state index contributed by atoms with van der Waals surface area (Å²) in [7, 11) is -1.41. The minimum absolute atomic E-state index is 0.0193. The smallest absolute Gasteiger partial charge is 0.326 e. The summed E-state index contributed by atoms with van der Waals surface area (Å²) in [4.78, 5) is 40.6. The van der Waals surface area contributed by atoms with Crippen LogP contribution in [0.4, 0.5) is 4.79 Å². The van der Waals surface area contributed by atoms with Crippen molar-refractivity contribution in [3.8, 4) is 0 Å². The third-order valence-corrected chi connectivity index (χ3v) is 8.47. The maximum Gasteiger partial charge on any atom is 0.326 e. The number of imide groups is 1. The average molecular weight is 443 g/mol. The third kappa shape index (κ3) is 4.96. The van der Waals surface area contributed by atoms with E-state index in [2.05, 4.69) is 31.4 Å². The first-order valence-electron chi connectivity index (χ1n) is 10.6. The highest BCUT2D eigenvalue weighted by Crippen LogP contribution is 2.43. The van der Waals surface area contributed by atoms with Gasteiger partial charge in [-0.3, -0.25) is 14.5 Å². The van der Waals surface area contributed by atoms with Crippen LogP contribution in [0.25, 0.3) is 0 Å². The van der Waals surface area contributed by atoms with E-state index in [-0.39, 0.29) is 48.0 Å². The molecule has 30 heavy (non-hydrogen) atoms. The highest BCUT2D eigenvalue weighted by atomic mass is 32.2. The standard InChI is InChI=1S/C20H34N4O5S/c1-19(2,3)14-5-8-20(9-6-14)17(26)24(18(27)22-20)13-23(4)11-16(25)21-15-7-10-30(28,29)12-15/h14-15H,5-13H2,1-4H3,(H,21,25)(H,22,27). The van der Waals surface area contributed by atoms with E-state index in [1.807, 2.05) is 0 Å². The van der Waals surface area contributed by atoms with Crippen molar-refractivity contribution in [3.05, 3.63) is 0 Å². The summed E-state index contributed by atoms with van der Waals surface area (Å²) in [5, 5.41) is 5.64. The van der Waals surface area contributed by atoms with Gasteiger partial charge in [-0.25, -0.2) is 18.1 Å². The van der Waals surface area contributed by atoms with Gasteiger partial charge in [-0.1, -0.05) is 20.8 Å². The summed E-state index contributed by atoms with van der Waals surface area (Å²) in [6.07, 6.45) is 3.48. The zero-order valence-corrected chi connectivity index (χ0v) is 19.2. The number of hydrogen-bond donors (Lipinski definition) is 2. The molecule has 1 aliphatic carbocycles. The first-order chi connectivity index (χ1) is 13.8. The Morgan fingerprint density at radius 2 is 1.87 bits per heavy atom. The summed E-state index contributed by atoms with van der Waals surface area (Å²) in [6.45, 7) is 6.62. The van der Waals surface area contributed by atoms with E-state index in [4.69, 9.17) is 0 Å². The van der Waals surface area contributed by atoms with E-state index < -0.39 is 21.4 Å². The number of carbonyl (C=O) groups is 3. The number of nitrogens with zero attached hydrogens (tertiary/aromatic N) is 2. The Morgan fingerprint density at radius 3 is 2.40 bits per heavy atom. The predicted molar refractivity (Wildman–Crippen MR) is 112 cm³/mol. The molecule has 2 heterocycles. The molecule has 170 valence electrons. The fourth-order valence-electron chi connectivity index (χ4n) is 4.84. The number of nitrogens with one attached hydrogen (secondary N) is 2. The Labute approximate surface area is 178 Å². The topological polar surface area (TPSA) is 116 Å². The molecule has 1 atom stereocenters. The van der Waals surface area contributed by atoms with E-state index in [1.165, 1.54) is 4.90 Å². The zero-order chi connectivity index (χ0) is 22.3. The predicted octanol–water partition coefficient (Wildman–Crippen LogP) is 0.706. The van der Waals surface area contributed by atoms with Crippen molar-refractivity contribution in [1.29, 1.82) is 0 Å². The van der Waals surface area contributed by atoms with Gasteiger partial charge in [0.25, 0.3) is 5.91 Å². The van der Waals surface area contributed by atoms with Gasteiger partial charge < -0.3 is 10.6 Å². The van der Waals surface area contributed by atoms with E-state index in [0.717, 1.165) is 12.8 Å². The average Bonchev–Trinajstić information content (AvgIpc) is 3.06. The molecule has 3 rings (SSSR count). The second-order valence-electron chi connectivity index (χ2n) is 10.2. The molecule has 3 fully saturated rings. The van der Waals surface area contributed by atoms with E-state index in [9.17, 15) is 22.8 Å². The molecule has 2 aliphatic heterocycles. The van der Waals surface area contributed by atoms with Crippen LogP contribution in [0.3, 0.4) is 0 Å². The fraction of sp³-hybridized carbons (Fsp3) is 0.850. The minimum atomic E-state index is -3.07. The van der Waals surface area contributed by atoms with Gasteiger partial charge >= 0.3 is 6.03 Å². The number of likely N-dealkylation sites (N-methyl/N-ethyl adjacent to an activating group) is 1. The van der Waals surface area contributed by atoms with Crippen molar-refractivity contribution in [2.24, 2.45) is 11.3 Å². The Bertz CT molecular complexity index is 812. The van der Waals surface area contributed by atoms with Gasteiger partial charge in [0.05, 0.1) is 24.7 Å². The molecule has 0 aromatic carbocycles. The van der Waals surface area contributed by atoms with Crippen LogP contribution in [0.15, 0.2) is 0 Å². The summed E-state index contributed by atoms with van der Waals surface area (Å²) >= 11 is 0. The molecular weight excluding hydrogens is 408 g/mol. The lowest BCUT2D eigenvalue weighted by Crippen LogP contribution is -2.51. The summed E-state index contributed by atoms with van der Waals surface area (Å²) in [5.74, 6) is 0.0517. The van der Waals surface area contributed by atoms with Crippen molar-refractivity contribution in [3.63, 3.8) is 0 Å². The zero-order valence-electron chi connectivity index (χ0n) is 18.4. The summed E-state index contributed by atoms with van der Waals surface area (Å²) < 4.78 is 23.0. The first-order valence-corrected chi connectivity index (χ1v) is 12.5. The van der Waals surface area contributed by atoms with Gasteiger partial charge in [-0.2, -0.15) is 0 Å². The third-order valence-electron chi connectivity index (χ3n) is 6.70. The molecule has 3 aliphatic rings. The van der Waals surface area contributed by atoms with Crippen LogP contribution in [0, 0.1) is 11.3 Å². The van der Waals surface area contributed by atoms with Gasteiger partial charge in [-0.05, 0) is 50.5 Å². The van der Waals surface area contributed by atoms with Crippen molar-refractivity contribution >= 4 is 27.7 Å². The van der Waals surface area contributed by atoms with Gasteiger partial charge in [0, 0.05) is 6.04 Å². The monoisotopic (exact) mass is 442 g/mol. The molecule has 1 spiro atoms. The fourth-order valence-corrected chi connectivity index (χ4v) is 6.51. The number of amides is 4. The van der Waals surface area contributed by atoms with E-state index >= 15 is 0 Å². The van der Waals surface area contributed by atoms with Crippen LogP contribution in [0.2, 0.25) is 0 Å². The quantitative estimate of drug-likeness (QED) is 0.606. The van der Waals surface area contributed by atoms with Gasteiger partial charge in [-0.15, -0.1) is 0 Å². The van der Waals surface area contributed by atoms with Crippen LogP contribution in [-0.2, 0) is 19.4 Å².